The van der Waals surface area contributed by atoms with E-state index in [1.54, 1.807) is 6.20 Å². The molecule has 2 N–H and O–H groups in total. The van der Waals surface area contributed by atoms with Gasteiger partial charge in [-0.05, 0) is 49.6 Å². The molecule has 1 fully saturated rings. The summed E-state index contributed by atoms with van der Waals surface area (Å²) in [5.74, 6) is -0.805. The van der Waals surface area contributed by atoms with Gasteiger partial charge in [-0.3, -0.25) is 14.6 Å². The summed E-state index contributed by atoms with van der Waals surface area (Å²) in [6, 6.07) is 12.7. The number of hydrogen-bond donors (Lipinski definition) is 2. The normalized spacial score (nSPS) is 15.9. The maximum absolute atomic E-state index is 12.2. The minimum Gasteiger partial charge on any atom is -0.487 e. The fourth-order valence-electron chi connectivity index (χ4n) is 2.60. The predicted octanol–water partition coefficient (Wildman–Crippen LogP) is 2.70. The fraction of sp³-hybridized carbons (Fsp3) is 0.316. The lowest BCUT2D eigenvalue weighted by Gasteiger charge is -2.18. The molecule has 130 valence electrons. The number of carboxylic acids is 1. The van der Waals surface area contributed by atoms with Crippen molar-refractivity contribution in [3.8, 4) is 5.75 Å². The smallest absolute Gasteiger partial charge is 0.319 e. The first-order valence-corrected chi connectivity index (χ1v) is 8.18. The minimum atomic E-state index is -1.23. The van der Waals surface area contributed by atoms with Gasteiger partial charge in [0.25, 0.3) is 0 Å². The molecule has 1 amide bonds. The van der Waals surface area contributed by atoms with Crippen molar-refractivity contribution in [3.05, 3.63) is 59.9 Å². The van der Waals surface area contributed by atoms with E-state index in [2.05, 4.69) is 10.3 Å². The summed E-state index contributed by atoms with van der Waals surface area (Å²) >= 11 is 0. The van der Waals surface area contributed by atoms with Gasteiger partial charge in [0.15, 0.2) is 0 Å². The molecule has 0 radical (unpaired) electrons. The molecule has 1 unspecified atom stereocenters. The van der Waals surface area contributed by atoms with E-state index in [0.29, 0.717) is 25.2 Å². The number of aliphatic carboxylic acids is 1. The molecule has 1 aliphatic rings. The van der Waals surface area contributed by atoms with Crippen molar-refractivity contribution in [2.75, 3.05) is 0 Å². The van der Waals surface area contributed by atoms with Gasteiger partial charge in [-0.2, -0.15) is 0 Å². The molecule has 0 bridgehead atoms. The van der Waals surface area contributed by atoms with Crippen molar-refractivity contribution in [2.45, 2.75) is 32.4 Å². The number of pyridine rings is 1. The zero-order valence-electron chi connectivity index (χ0n) is 13.9. The lowest BCUT2D eigenvalue weighted by Crippen LogP contribution is -2.38. The number of nitrogens with zero attached hydrogens (tertiary/aromatic N) is 1. The largest absolute Gasteiger partial charge is 0.487 e. The van der Waals surface area contributed by atoms with E-state index in [1.807, 2.05) is 49.4 Å². The van der Waals surface area contributed by atoms with Crippen LogP contribution in [0.25, 0.3) is 0 Å². The molecule has 0 aliphatic heterocycles. The number of carbonyl (C=O) groups excluding carboxylic acids is 1. The summed E-state index contributed by atoms with van der Waals surface area (Å²) in [4.78, 5) is 27.7. The second-order valence-electron chi connectivity index (χ2n) is 6.26. The van der Waals surface area contributed by atoms with Crippen LogP contribution in [0.4, 0.5) is 0 Å². The van der Waals surface area contributed by atoms with Crippen molar-refractivity contribution < 1.29 is 19.4 Å². The Hall–Kier alpha value is -2.89. The number of amides is 1. The first-order valence-electron chi connectivity index (χ1n) is 8.18. The summed E-state index contributed by atoms with van der Waals surface area (Å²) in [5, 5.41) is 12.0. The Bertz CT molecular complexity index is 772. The molecule has 2 aromatic rings. The average molecular weight is 340 g/mol. The number of benzene rings is 1. The first-order chi connectivity index (χ1) is 12.0. The number of hydrogen-bond acceptors (Lipinski definition) is 4. The highest BCUT2D eigenvalue weighted by Gasteiger charge is 2.57. The van der Waals surface area contributed by atoms with Gasteiger partial charge in [0.2, 0.25) is 5.91 Å². The molecule has 25 heavy (non-hydrogen) atoms. The number of nitrogens with one attached hydrogen (secondary N) is 1. The maximum atomic E-state index is 12.2. The molecule has 1 atom stereocenters. The third-order valence-electron chi connectivity index (χ3n) is 4.41. The molecule has 6 heteroatoms. The van der Waals surface area contributed by atoms with Gasteiger partial charge in [0, 0.05) is 6.20 Å². The second kappa shape index (κ2) is 6.93. The fourth-order valence-corrected chi connectivity index (χ4v) is 2.60. The van der Waals surface area contributed by atoms with Gasteiger partial charge in [0.05, 0.1) is 11.7 Å². The van der Waals surface area contributed by atoms with Gasteiger partial charge in [-0.1, -0.05) is 18.2 Å². The van der Waals surface area contributed by atoms with E-state index in [1.165, 1.54) is 0 Å². The SMILES string of the molecule is CC(NC(=O)C1(C(=O)O)CC1)c1cccc(OCc2ccccn2)c1. The Balaban J connectivity index is 1.62. The molecule has 1 aromatic heterocycles. The lowest BCUT2D eigenvalue weighted by molar-refractivity contribution is -0.149. The number of aromatic nitrogens is 1. The summed E-state index contributed by atoms with van der Waals surface area (Å²) in [6.07, 6.45) is 2.51. The molecule has 1 aromatic carbocycles. The summed E-state index contributed by atoms with van der Waals surface area (Å²) < 4.78 is 5.74. The highest BCUT2D eigenvalue weighted by atomic mass is 16.5. The van der Waals surface area contributed by atoms with Crippen LogP contribution in [0.15, 0.2) is 48.7 Å². The molecule has 3 rings (SSSR count). The molecular formula is C19H20N2O4. The first kappa shape index (κ1) is 17.0. The van der Waals surface area contributed by atoms with Crippen LogP contribution in [0.3, 0.4) is 0 Å². The van der Waals surface area contributed by atoms with Gasteiger partial charge in [0.1, 0.15) is 17.8 Å². The standard InChI is InChI=1S/C19H20N2O4/c1-13(21-17(22)19(8-9-19)18(23)24)14-5-4-7-16(11-14)25-12-15-6-2-3-10-20-15/h2-7,10-11,13H,8-9,12H2,1H3,(H,21,22)(H,23,24). The second-order valence-corrected chi connectivity index (χ2v) is 6.26. The Morgan fingerprint density at radius 3 is 2.72 bits per heavy atom. The van der Waals surface area contributed by atoms with Gasteiger partial charge in [-0.15, -0.1) is 0 Å². The van der Waals surface area contributed by atoms with Crippen LogP contribution in [0, 0.1) is 5.41 Å². The van der Waals surface area contributed by atoms with Crippen LogP contribution in [-0.4, -0.2) is 22.0 Å². The summed E-state index contributed by atoms with van der Waals surface area (Å²) in [6.45, 7) is 2.18. The number of carbonyl (C=O) groups is 2. The molecule has 1 aliphatic carbocycles. The quantitative estimate of drug-likeness (QED) is 0.757. The van der Waals surface area contributed by atoms with Crippen LogP contribution in [-0.2, 0) is 16.2 Å². The highest BCUT2D eigenvalue weighted by molar-refractivity contribution is 6.04. The van der Waals surface area contributed by atoms with E-state index in [0.717, 1.165) is 11.3 Å². The summed E-state index contributed by atoms with van der Waals surface area (Å²) in [5.41, 5.74) is 0.445. The van der Waals surface area contributed by atoms with Crippen LogP contribution in [0.1, 0.15) is 37.1 Å². The lowest BCUT2D eigenvalue weighted by atomic mass is 10.0. The van der Waals surface area contributed by atoms with E-state index in [9.17, 15) is 14.7 Å². The molecule has 6 nitrogen and oxygen atoms in total. The van der Waals surface area contributed by atoms with Crippen LogP contribution < -0.4 is 10.1 Å². The molecule has 1 heterocycles. The van der Waals surface area contributed by atoms with Crippen LogP contribution in [0.5, 0.6) is 5.75 Å². The Morgan fingerprint density at radius 2 is 2.08 bits per heavy atom. The third-order valence-corrected chi connectivity index (χ3v) is 4.41. The topological polar surface area (TPSA) is 88.5 Å². The summed E-state index contributed by atoms with van der Waals surface area (Å²) in [7, 11) is 0. The van der Waals surface area contributed by atoms with E-state index in [4.69, 9.17) is 4.74 Å². The number of carboxylic acid groups (broad SMARTS) is 1. The van der Waals surface area contributed by atoms with Crippen molar-refractivity contribution in [3.63, 3.8) is 0 Å². The molecule has 0 saturated heterocycles. The van der Waals surface area contributed by atoms with Crippen molar-refractivity contribution >= 4 is 11.9 Å². The zero-order chi connectivity index (χ0) is 17.9. The monoisotopic (exact) mass is 340 g/mol. The predicted molar refractivity (Wildman–Crippen MR) is 90.9 cm³/mol. The van der Waals surface area contributed by atoms with Crippen molar-refractivity contribution in [1.29, 1.82) is 0 Å². The van der Waals surface area contributed by atoms with Crippen LogP contribution >= 0.6 is 0 Å². The average Bonchev–Trinajstić information content (AvgIpc) is 3.43. The van der Waals surface area contributed by atoms with Gasteiger partial charge in [-0.25, -0.2) is 0 Å². The Morgan fingerprint density at radius 1 is 1.28 bits per heavy atom. The van der Waals surface area contributed by atoms with Crippen molar-refractivity contribution in [1.82, 2.24) is 10.3 Å². The number of rotatable bonds is 7. The highest BCUT2D eigenvalue weighted by Crippen LogP contribution is 2.46. The van der Waals surface area contributed by atoms with E-state index >= 15 is 0 Å². The van der Waals surface area contributed by atoms with Gasteiger partial charge >= 0.3 is 5.97 Å². The molecular weight excluding hydrogens is 320 g/mol. The van der Waals surface area contributed by atoms with Crippen LogP contribution in [0.2, 0.25) is 0 Å². The minimum absolute atomic E-state index is 0.303. The van der Waals surface area contributed by atoms with E-state index in [-0.39, 0.29) is 6.04 Å². The Kier molecular flexibility index (Phi) is 4.70. The van der Waals surface area contributed by atoms with Gasteiger partial charge < -0.3 is 15.2 Å². The van der Waals surface area contributed by atoms with E-state index < -0.39 is 17.3 Å². The number of ether oxygens (including phenoxy) is 1. The molecule has 0 spiro atoms. The molecule has 1 saturated carbocycles. The third kappa shape index (κ3) is 3.79. The maximum Gasteiger partial charge on any atom is 0.319 e. The Labute approximate surface area is 145 Å². The van der Waals surface area contributed by atoms with Crippen molar-refractivity contribution in [2.24, 2.45) is 5.41 Å². The zero-order valence-corrected chi connectivity index (χ0v) is 13.9.